The van der Waals surface area contributed by atoms with Gasteiger partial charge in [0.25, 0.3) is 0 Å². The van der Waals surface area contributed by atoms with Gasteiger partial charge in [-0.1, -0.05) is 17.7 Å². The summed E-state index contributed by atoms with van der Waals surface area (Å²) in [5.74, 6) is 0.331. The number of rotatable bonds is 4. The van der Waals surface area contributed by atoms with E-state index < -0.39 is 0 Å². The van der Waals surface area contributed by atoms with Gasteiger partial charge in [-0.25, -0.2) is 4.39 Å². The fourth-order valence-electron chi connectivity index (χ4n) is 3.15. The van der Waals surface area contributed by atoms with E-state index in [-0.39, 0.29) is 5.82 Å². The van der Waals surface area contributed by atoms with Gasteiger partial charge in [-0.15, -0.1) is 5.10 Å². The molecule has 0 aliphatic carbocycles. The molecule has 1 aromatic heterocycles. The molecule has 0 atom stereocenters. The summed E-state index contributed by atoms with van der Waals surface area (Å²) in [6.45, 7) is 3.84. The van der Waals surface area contributed by atoms with Crippen molar-refractivity contribution >= 4 is 23.4 Å². The zero-order valence-corrected chi connectivity index (χ0v) is 15.3. The van der Waals surface area contributed by atoms with Gasteiger partial charge in [0.15, 0.2) is 5.82 Å². The Balaban J connectivity index is 1.40. The van der Waals surface area contributed by atoms with Crippen molar-refractivity contribution in [2.24, 2.45) is 0 Å². The molecule has 27 heavy (non-hydrogen) atoms. The third-order valence-corrected chi connectivity index (χ3v) is 4.85. The minimum Gasteiger partial charge on any atom is -0.360 e. The molecule has 1 N–H and O–H groups in total. The Labute approximate surface area is 161 Å². The highest BCUT2D eigenvalue weighted by atomic mass is 35.5. The summed E-state index contributed by atoms with van der Waals surface area (Å²) < 4.78 is 14.7. The predicted octanol–water partition coefficient (Wildman–Crippen LogP) is 1.83. The summed E-state index contributed by atoms with van der Waals surface area (Å²) in [5.41, 5.74) is 1.88. The fourth-order valence-corrected chi connectivity index (χ4v) is 3.33. The average Bonchev–Trinajstić information content (AvgIpc) is 3.16. The van der Waals surface area contributed by atoms with Crippen molar-refractivity contribution in [2.75, 3.05) is 31.1 Å². The first-order valence-electron chi connectivity index (χ1n) is 8.77. The van der Waals surface area contributed by atoms with E-state index in [0.717, 1.165) is 42.6 Å². The summed E-state index contributed by atoms with van der Waals surface area (Å²) in [4.78, 5) is 3.69. The number of nitrogens with zero attached hydrogens (tertiary/aromatic N) is 5. The zero-order valence-electron chi connectivity index (χ0n) is 14.6. The normalized spacial score (nSPS) is 15.6. The number of benzene rings is 2. The van der Waals surface area contributed by atoms with Crippen LogP contribution in [0.1, 0.15) is 5.82 Å². The van der Waals surface area contributed by atoms with Crippen LogP contribution in [0.5, 0.6) is 0 Å². The lowest BCUT2D eigenvalue weighted by atomic mass is 10.2. The van der Waals surface area contributed by atoms with Crippen molar-refractivity contribution in [3.8, 4) is 5.69 Å². The second kappa shape index (κ2) is 7.85. The zero-order chi connectivity index (χ0) is 18.6. The second-order valence-electron chi connectivity index (χ2n) is 6.38. The Kier molecular flexibility index (Phi) is 5.13. The summed E-state index contributed by atoms with van der Waals surface area (Å²) >= 11 is 6.09. The van der Waals surface area contributed by atoms with E-state index in [1.165, 1.54) is 17.0 Å². The Morgan fingerprint density at radius 3 is 2.56 bits per heavy atom. The smallest absolute Gasteiger partial charge is 0.185 e. The molecule has 0 amide bonds. The van der Waals surface area contributed by atoms with Crippen molar-refractivity contribution < 1.29 is 9.29 Å². The Hall–Kier alpha value is -2.77. The van der Waals surface area contributed by atoms with Gasteiger partial charge < -0.3 is 9.80 Å². The van der Waals surface area contributed by atoms with Crippen LogP contribution >= 0.6 is 11.6 Å². The molecule has 0 bridgehead atoms. The van der Waals surface area contributed by atoms with Crippen molar-refractivity contribution in [2.45, 2.75) is 0 Å². The van der Waals surface area contributed by atoms with Crippen LogP contribution in [0.15, 0.2) is 54.7 Å². The molecular formula is C19H19ClFN6+. The molecule has 1 aliphatic rings. The molecule has 0 spiro atoms. The van der Waals surface area contributed by atoms with Crippen LogP contribution in [-0.4, -0.2) is 46.4 Å². The number of nitrogens with one attached hydrogen (secondary N) is 1. The van der Waals surface area contributed by atoms with Gasteiger partial charge in [0.2, 0.25) is 0 Å². The van der Waals surface area contributed by atoms with Gasteiger partial charge in [0.1, 0.15) is 5.82 Å². The molecule has 3 aromatic rings. The number of anilines is 1. The van der Waals surface area contributed by atoms with Crippen LogP contribution < -0.4 is 9.80 Å². The van der Waals surface area contributed by atoms with Crippen molar-refractivity contribution in [3.63, 3.8) is 0 Å². The summed E-state index contributed by atoms with van der Waals surface area (Å²) in [5, 5.41) is 12.5. The van der Waals surface area contributed by atoms with Crippen LogP contribution in [-0.2, 0) is 0 Å². The van der Waals surface area contributed by atoms with Gasteiger partial charge in [-0.2, -0.15) is 4.68 Å². The molecule has 8 heteroatoms. The minimum absolute atomic E-state index is 0.286. The highest BCUT2D eigenvalue weighted by Gasteiger charge is 2.19. The maximum Gasteiger partial charge on any atom is 0.185 e. The Morgan fingerprint density at radius 2 is 1.81 bits per heavy atom. The molecule has 0 saturated carbocycles. The number of tetrazole rings is 1. The van der Waals surface area contributed by atoms with Gasteiger partial charge in [0, 0.05) is 16.8 Å². The van der Waals surface area contributed by atoms with E-state index in [9.17, 15) is 4.39 Å². The van der Waals surface area contributed by atoms with Gasteiger partial charge in [-0.05, 0) is 52.9 Å². The molecule has 138 valence electrons. The average molecular weight is 386 g/mol. The minimum atomic E-state index is -0.286. The maximum absolute atomic E-state index is 13.1. The van der Waals surface area contributed by atoms with Crippen LogP contribution in [0.3, 0.4) is 0 Å². The second-order valence-corrected chi connectivity index (χ2v) is 6.82. The van der Waals surface area contributed by atoms with E-state index in [1.807, 2.05) is 24.3 Å². The number of aromatic nitrogens is 4. The standard InChI is InChI=1S/C19H18ClFN6/c20-15-2-1-3-18(14-15)26-12-10-25(11-13-26)9-8-19-22-23-24-27(19)17-6-4-16(21)5-7-17/h1-9,14H,10-13H2/p+1. The van der Waals surface area contributed by atoms with Crippen molar-refractivity contribution in [1.82, 2.24) is 20.2 Å². The molecular weight excluding hydrogens is 367 g/mol. The number of quaternary nitrogens is 1. The summed E-state index contributed by atoms with van der Waals surface area (Å²) in [7, 11) is 0. The monoisotopic (exact) mass is 385 g/mol. The van der Waals surface area contributed by atoms with Crippen LogP contribution in [0, 0.1) is 5.82 Å². The van der Waals surface area contributed by atoms with Crippen LogP contribution in [0.4, 0.5) is 10.1 Å². The predicted molar refractivity (Wildman–Crippen MR) is 103 cm³/mol. The molecule has 2 heterocycles. The largest absolute Gasteiger partial charge is 0.360 e. The molecule has 2 aromatic carbocycles. The van der Waals surface area contributed by atoms with Crippen LogP contribution in [0.2, 0.25) is 5.02 Å². The lowest BCUT2D eigenvalue weighted by molar-refractivity contribution is -0.846. The molecule has 0 radical (unpaired) electrons. The molecule has 4 rings (SSSR count). The third-order valence-electron chi connectivity index (χ3n) is 4.61. The molecule has 0 unspecified atom stereocenters. The molecule has 1 fully saturated rings. The van der Waals surface area contributed by atoms with Gasteiger partial charge in [-0.3, -0.25) is 0 Å². The maximum atomic E-state index is 13.1. The third kappa shape index (κ3) is 4.15. The van der Waals surface area contributed by atoms with Gasteiger partial charge >= 0.3 is 0 Å². The van der Waals surface area contributed by atoms with E-state index in [1.54, 1.807) is 16.8 Å². The highest BCUT2D eigenvalue weighted by Crippen LogP contribution is 2.19. The SMILES string of the molecule is Fc1ccc(-n2nnnc2C=C[NH+]2CCN(c3cccc(Cl)c3)CC2)cc1. The molecule has 6 nitrogen and oxygen atoms in total. The highest BCUT2D eigenvalue weighted by molar-refractivity contribution is 6.30. The molecule has 1 saturated heterocycles. The van der Waals surface area contributed by atoms with E-state index in [0.29, 0.717) is 5.82 Å². The topological polar surface area (TPSA) is 51.3 Å². The van der Waals surface area contributed by atoms with E-state index in [2.05, 4.69) is 32.7 Å². The first-order valence-corrected chi connectivity index (χ1v) is 9.14. The number of hydrogen-bond donors (Lipinski definition) is 1. The van der Waals surface area contributed by atoms with Crippen molar-refractivity contribution in [3.05, 3.63) is 71.4 Å². The summed E-state index contributed by atoms with van der Waals surface area (Å²) in [6, 6.07) is 14.0. The van der Waals surface area contributed by atoms with E-state index >= 15 is 0 Å². The Morgan fingerprint density at radius 1 is 1.04 bits per heavy atom. The number of halogens is 2. The lowest BCUT2D eigenvalue weighted by Gasteiger charge is -2.32. The molecule has 1 aliphatic heterocycles. The number of hydrogen-bond acceptors (Lipinski definition) is 4. The van der Waals surface area contributed by atoms with E-state index in [4.69, 9.17) is 11.6 Å². The number of piperazine rings is 1. The first kappa shape index (κ1) is 17.6. The van der Waals surface area contributed by atoms with Gasteiger partial charge in [0.05, 0.1) is 38.1 Å². The first-order chi connectivity index (χ1) is 13.2. The fraction of sp³-hybridized carbons (Fsp3) is 0.211. The summed E-state index contributed by atoms with van der Waals surface area (Å²) in [6.07, 6.45) is 3.99. The Bertz CT molecular complexity index is 931. The lowest BCUT2D eigenvalue weighted by Crippen LogP contribution is -3.10. The quantitative estimate of drug-likeness (QED) is 0.744. The van der Waals surface area contributed by atoms with Crippen LogP contribution in [0.25, 0.3) is 11.8 Å². The van der Waals surface area contributed by atoms with Crippen molar-refractivity contribution in [1.29, 1.82) is 0 Å².